The zero-order valence-electron chi connectivity index (χ0n) is 23.7. The first-order valence-corrected chi connectivity index (χ1v) is 14.0. The molecule has 4 nitrogen and oxygen atoms in total. The second-order valence-electron chi connectivity index (χ2n) is 10.4. The van der Waals surface area contributed by atoms with Crippen LogP contribution in [0.1, 0.15) is 67.2 Å². The molecule has 246 valence electrons. The number of alkyl halides is 7. The highest BCUT2D eigenvalue weighted by molar-refractivity contribution is 5.36. The molecule has 0 N–H and O–H groups in total. The quantitative estimate of drug-likeness (QED) is 0.144. The monoisotopic (exact) mass is 654 g/mol. The third-order valence-corrected chi connectivity index (χ3v) is 7.09. The minimum atomic E-state index is -5.46. The van der Waals surface area contributed by atoms with Gasteiger partial charge in [0.1, 0.15) is 11.6 Å². The van der Waals surface area contributed by atoms with Crippen LogP contribution in [0.2, 0.25) is 0 Å². The summed E-state index contributed by atoms with van der Waals surface area (Å²) in [5.74, 6) is -9.13. The average molecular weight is 655 g/mol. The summed E-state index contributed by atoms with van der Waals surface area (Å²) in [6.45, 7) is 1.88. The van der Waals surface area contributed by atoms with E-state index >= 15 is 0 Å². The predicted molar refractivity (Wildman–Crippen MR) is 140 cm³/mol. The Balaban J connectivity index is 1.36. The Bertz CT molecular complexity index is 1410. The second-order valence-corrected chi connectivity index (χ2v) is 10.4. The lowest BCUT2D eigenvalue weighted by Gasteiger charge is -2.32. The van der Waals surface area contributed by atoms with Crippen LogP contribution in [0.25, 0.3) is 0 Å². The van der Waals surface area contributed by atoms with Crippen molar-refractivity contribution in [1.29, 1.82) is 0 Å². The molecule has 1 aliphatic rings. The average Bonchev–Trinajstić information content (AvgIpc) is 2.95. The first-order chi connectivity index (χ1) is 21.1. The summed E-state index contributed by atoms with van der Waals surface area (Å²) in [4.78, 5) is 0. The molecule has 2 atom stereocenters. The minimum absolute atomic E-state index is 0.0107. The van der Waals surface area contributed by atoms with E-state index in [0.29, 0.717) is 6.07 Å². The molecule has 14 heteroatoms. The lowest BCUT2D eigenvalue weighted by molar-refractivity contribution is -0.332. The summed E-state index contributed by atoms with van der Waals surface area (Å²) in [6, 6.07) is 8.39. The van der Waals surface area contributed by atoms with Gasteiger partial charge in [-0.15, -0.1) is 13.2 Å². The largest absolute Gasteiger partial charge is 0.573 e. The number of hydrogen-bond acceptors (Lipinski definition) is 4. The minimum Gasteiger partial charge on any atom is -0.429 e. The van der Waals surface area contributed by atoms with Gasteiger partial charge >= 0.3 is 18.6 Å². The van der Waals surface area contributed by atoms with Crippen molar-refractivity contribution >= 4 is 0 Å². The van der Waals surface area contributed by atoms with E-state index in [1.807, 2.05) is 0 Å². The fourth-order valence-corrected chi connectivity index (χ4v) is 4.79. The number of halogens is 10. The molecule has 0 radical (unpaired) electrons. The topological polar surface area (TPSA) is 36.9 Å². The summed E-state index contributed by atoms with van der Waals surface area (Å²) in [5.41, 5.74) is -0.554. The fraction of sp³-hybridized carbons (Fsp3) is 0.419. The van der Waals surface area contributed by atoms with Crippen LogP contribution in [-0.2, 0) is 28.1 Å². The van der Waals surface area contributed by atoms with E-state index in [4.69, 9.17) is 9.47 Å². The number of unbranched alkanes of at least 4 members (excludes halogenated alkanes) is 2. The number of aryl methyl sites for hydroxylation is 1. The number of hydrogen-bond donors (Lipinski definition) is 0. The molecule has 0 spiro atoms. The van der Waals surface area contributed by atoms with E-state index in [-0.39, 0.29) is 42.7 Å². The van der Waals surface area contributed by atoms with Gasteiger partial charge in [-0.1, -0.05) is 50.1 Å². The Kier molecular flexibility index (Phi) is 10.6. The third kappa shape index (κ3) is 9.03. The number of rotatable bonds is 12. The molecule has 3 aromatic carbocycles. The fourth-order valence-electron chi connectivity index (χ4n) is 4.79. The smallest absolute Gasteiger partial charge is 0.429 e. The van der Waals surface area contributed by atoms with Crippen molar-refractivity contribution in [3.8, 4) is 11.5 Å². The van der Waals surface area contributed by atoms with Crippen molar-refractivity contribution in [3.05, 3.63) is 94.3 Å². The zero-order valence-corrected chi connectivity index (χ0v) is 23.7. The summed E-state index contributed by atoms with van der Waals surface area (Å²) in [6.07, 6.45) is -10.9. The van der Waals surface area contributed by atoms with Crippen molar-refractivity contribution < 1.29 is 62.9 Å². The molecule has 1 heterocycles. The van der Waals surface area contributed by atoms with Gasteiger partial charge in [-0.2, -0.15) is 17.6 Å². The van der Waals surface area contributed by atoms with Gasteiger partial charge < -0.3 is 14.2 Å². The van der Waals surface area contributed by atoms with Crippen molar-refractivity contribution in [3.63, 3.8) is 0 Å². The van der Waals surface area contributed by atoms with Crippen LogP contribution in [0.3, 0.4) is 0 Å². The van der Waals surface area contributed by atoms with E-state index < -0.39 is 65.3 Å². The van der Waals surface area contributed by atoms with Crippen molar-refractivity contribution in [1.82, 2.24) is 0 Å². The van der Waals surface area contributed by atoms with Crippen LogP contribution in [0.5, 0.6) is 11.5 Å². The van der Waals surface area contributed by atoms with Crippen LogP contribution < -0.4 is 9.47 Å². The molecule has 3 aromatic rings. The normalized spacial score (nSPS) is 17.8. The van der Waals surface area contributed by atoms with Gasteiger partial charge in [0, 0.05) is 18.1 Å². The molecule has 0 aromatic heterocycles. The third-order valence-electron chi connectivity index (χ3n) is 7.09. The van der Waals surface area contributed by atoms with Gasteiger partial charge in [-0.3, -0.25) is 4.74 Å². The van der Waals surface area contributed by atoms with Crippen LogP contribution in [0.4, 0.5) is 43.9 Å². The maximum atomic E-state index is 14.8. The molecule has 1 saturated heterocycles. The van der Waals surface area contributed by atoms with Gasteiger partial charge in [-0.05, 0) is 48.9 Å². The number of ether oxygens (including phenoxy) is 4. The highest BCUT2D eigenvalue weighted by atomic mass is 19.4. The summed E-state index contributed by atoms with van der Waals surface area (Å²) in [5, 5.41) is 0. The van der Waals surface area contributed by atoms with Gasteiger partial charge in [0.25, 0.3) is 0 Å². The molecular formula is C31H28F10O4. The van der Waals surface area contributed by atoms with E-state index in [1.54, 1.807) is 12.1 Å². The first-order valence-electron chi connectivity index (χ1n) is 14.0. The van der Waals surface area contributed by atoms with Crippen LogP contribution in [-0.4, -0.2) is 19.3 Å². The van der Waals surface area contributed by atoms with Gasteiger partial charge in [-0.25, -0.2) is 13.2 Å². The molecule has 0 bridgehead atoms. The van der Waals surface area contributed by atoms with E-state index in [2.05, 4.69) is 16.4 Å². The molecular weight excluding hydrogens is 626 g/mol. The van der Waals surface area contributed by atoms with Crippen molar-refractivity contribution in [2.24, 2.45) is 0 Å². The van der Waals surface area contributed by atoms with Gasteiger partial charge in [0.2, 0.25) is 5.75 Å². The van der Waals surface area contributed by atoms with Crippen LogP contribution in [0, 0.1) is 17.5 Å². The standard InChI is InChI=1S/C31H28F10O4/c1-2-3-4-5-18-6-10-21(11-7-18)29(35,36)44-27-13-9-20(17-42-27)19-8-12-23(24(32)14-19)30(37,38)43-22-15-25(33)28(26(34)16-22)45-31(39,40)41/h6-8,10-12,14-16,20,27H,2-5,9,13,17H2,1H3. The molecule has 1 fully saturated rings. The lowest BCUT2D eigenvalue weighted by Crippen LogP contribution is -2.33. The Morgan fingerprint density at radius 2 is 1.42 bits per heavy atom. The SMILES string of the molecule is CCCCCc1ccc(C(F)(F)OC2CCC(c3ccc(C(F)(F)Oc4cc(F)c(OC(F)(F)F)c(F)c4)c(F)c3)CO2)cc1. The molecule has 1 aliphatic heterocycles. The highest BCUT2D eigenvalue weighted by Crippen LogP contribution is 2.40. The zero-order chi connectivity index (χ0) is 33.0. The Labute approximate surface area is 251 Å². The molecule has 0 amide bonds. The molecule has 0 saturated carbocycles. The van der Waals surface area contributed by atoms with Crippen LogP contribution in [0.15, 0.2) is 54.6 Å². The highest BCUT2D eigenvalue weighted by Gasteiger charge is 2.41. The summed E-state index contributed by atoms with van der Waals surface area (Å²) >= 11 is 0. The van der Waals surface area contributed by atoms with Gasteiger partial charge in [0.05, 0.1) is 17.7 Å². The molecule has 4 rings (SSSR count). The number of benzene rings is 3. The maximum Gasteiger partial charge on any atom is 0.573 e. The molecule has 0 aliphatic carbocycles. The van der Waals surface area contributed by atoms with Crippen molar-refractivity contribution in [2.45, 2.75) is 76.2 Å². The first kappa shape index (κ1) is 34.4. The predicted octanol–water partition coefficient (Wildman–Crippen LogP) is 9.85. The summed E-state index contributed by atoms with van der Waals surface area (Å²) < 4.78 is 156. The maximum absolute atomic E-state index is 14.8. The van der Waals surface area contributed by atoms with Crippen molar-refractivity contribution in [2.75, 3.05) is 6.61 Å². The second kappa shape index (κ2) is 13.9. The van der Waals surface area contributed by atoms with Crippen LogP contribution >= 0.6 is 0 Å². The van der Waals surface area contributed by atoms with E-state index in [9.17, 15) is 43.9 Å². The van der Waals surface area contributed by atoms with E-state index in [1.165, 1.54) is 12.1 Å². The Morgan fingerprint density at radius 1 is 0.756 bits per heavy atom. The van der Waals surface area contributed by atoms with E-state index in [0.717, 1.165) is 43.4 Å². The van der Waals surface area contributed by atoms with Gasteiger partial charge in [0.15, 0.2) is 17.9 Å². The Morgan fingerprint density at radius 3 is 1.98 bits per heavy atom. The molecule has 45 heavy (non-hydrogen) atoms. The summed E-state index contributed by atoms with van der Waals surface area (Å²) in [7, 11) is 0. The lowest BCUT2D eigenvalue weighted by atomic mass is 9.92. The molecule has 2 unspecified atom stereocenters. The Hall–Kier alpha value is -3.52.